The Bertz CT molecular complexity index is 227. The first-order chi connectivity index (χ1) is 9.64. The van der Waals surface area contributed by atoms with Crippen LogP contribution in [0.3, 0.4) is 0 Å². The van der Waals surface area contributed by atoms with Gasteiger partial charge in [-0.1, -0.05) is 38.3 Å². The van der Waals surface area contributed by atoms with Crippen molar-refractivity contribution in [1.29, 1.82) is 0 Å². The Kier molecular flexibility index (Phi) is 12.5. The normalized spacial score (nSPS) is 11.8. The van der Waals surface area contributed by atoms with E-state index in [0.29, 0.717) is 19.8 Å². The summed E-state index contributed by atoms with van der Waals surface area (Å²) in [6, 6.07) is 0.856. The smallest absolute Gasteiger partial charge is 0.374 e. The van der Waals surface area contributed by atoms with Crippen LogP contribution in [0.15, 0.2) is 12.2 Å². The number of hydrogen-bond acceptors (Lipinski definition) is 3. The van der Waals surface area contributed by atoms with Crippen molar-refractivity contribution in [2.75, 3.05) is 19.8 Å². The molecule has 0 saturated carbocycles. The highest BCUT2D eigenvalue weighted by Gasteiger charge is 2.39. The molecular weight excluding hydrogens is 268 g/mol. The standard InChI is InChI=1S/C16H34O3Si/c1-6-10-11-12-13-16(5)14-15-20(17-7-2,18-8-3)19-9-4/h5-15H2,1-4H3. The zero-order chi connectivity index (χ0) is 15.3. The van der Waals surface area contributed by atoms with Gasteiger partial charge in [-0.15, -0.1) is 0 Å². The molecule has 0 fully saturated rings. The summed E-state index contributed by atoms with van der Waals surface area (Å²) in [5.41, 5.74) is 1.30. The van der Waals surface area contributed by atoms with E-state index in [-0.39, 0.29) is 0 Å². The van der Waals surface area contributed by atoms with E-state index in [1.807, 2.05) is 20.8 Å². The molecule has 0 N–H and O–H groups in total. The molecule has 0 aromatic rings. The van der Waals surface area contributed by atoms with Crippen molar-refractivity contribution in [2.45, 2.75) is 72.3 Å². The van der Waals surface area contributed by atoms with Crippen molar-refractivity contribution < 1.29 is 13.3 Å². The molecule has 0 heterocycles. The number of hydrogen-bond donors (Lipinski definition) is 0. The predicted octanol–water partition coefficient (Wildman–Crippen LogP) is 4.95. The second-order valence-electron chi connectivity index (χ2n) is 5.04. The Morgan fingerprint density at radius 1 is 0.800 bits per heavy atom. The minimum atomic E-state index is -2.47. The minimum absolute atomic E-state index is 0.648. The summed E-state index contributed by atoms with van der Waals surface area (Å²) < 4.78 is 17.6. The number of allylic oxidation sites excluding steroid dienone is 1. The molecule has 20 heavy (non-hydrogen) atoms. The maximum absolute atomic E-state index is 5.86. The van der Waals surface area contributed by atoms with Crippen molar-refractivity contribution in [3.05, 3.63) is 12.2 Å². The van der Waals surface area contributed by atoms with E-state index in [1.165, 1.54) is 31.3 Å². The van der Waals surface area contributed by atoms with Gasteiger partial charge in [0.2, 0.25) is 0 Å². The van der Waals surface area contributed by atoms with E-state index < -0.39 is 8.80 Å². The van der Waals surface area contributed by atoms with Crippen LogP contribution in [0, 0.1) is 0 Å². The van der Waals surface area contributed by atoms with E-state index >= 15 is 0 Å². The largest absolute Gasteiger partial charge is 0.501 e. The molecule has 0 aromatic carbocycles. The zero-order valence-electron chi connectivity index (χ0n) is 14.0. The Labute approximate surface area is 127 Å². The molecular formula is C16H34O3Si. The molecule has 0 rings (SSSR count). The average Bonchev–Trinajstić information content (AvgIpc) is 2.42. The fourth-order valence-corrected chi connectivity index (χ4v) is 4.92. The Hall–Kier alpha value is -0.163. The summed E-state index contributed by atoms with van der Waals surface area (Å²) in [6.07, 6.45) is 7.23. The maximum Gasteiger partial charge on any atom is 0.501 e. The first-order valence-corrected chi connectivity index (χ1v) is 10.2. The third-order valence-corrected chi connectivity index (χ3v) is 6.31. The van der Waals surface area contributed by atoms with Crippen LogP contribution in [0.25, 0.3) is 0 Å². The van der Waals surface area contributed by atoms with Crippen LogP contribution in [0.5, 0.6) is 0 Å². The van der Waals surface area contributed by atoms with Crippen LogP contribution in [-0.4, -0.2) is 28.6 Å². The van der Waals surface area contributed by atoms with E-state index in [4.69, 9.17) is 13.3 Å². The average molecular weight is 303 g/mol. The van der Waals surface area contributed by atoms with Gasteiger partial charge in [0, 0.05) is 25.9 Å². The monoisotopic (exact) mass is 302 g/mol. The lowest BCUT2D eigenvalue weighted by atomic mass is 10.1. The summed E-state index contributed by atoms with van der Waals surface area (Å²) >= 11 is 0. The molecule has 0 bridgehead atoms. The molecule has 0 saturated heterocycles. The van der Waals surface area contributed by atoms with Crippen LogP contribution in [0.4, 0.5) is 0 Å². The molecule has 4 heteroatoms. The highest BCUT2D eigenvalue weighted by molar-refractivity contribution is 6.60. The van der Waals surface area contributed by atoms with E-state index in [1.54, 1.807) is 0 Å². The maximum atomic E-state index is 5.86. The molecule has 3 nitrogen and oxygen atoms in total. The van der Waals surface area contributed by atoms with Crippen molar-refractivity contribution >= 4 is 8.80 Å². The van der Waals surface area contributed by atoms with Gasteiger partial charge >= 0.3 is 8.80 Å². The molecule has 0 unspecified atom stereocenters. The highest BCUT2D eigenvalue weighted by Crippen LogP contribution is 2.23. The van der Waals surface area contributed by atoms with E-state index in [0.717, 1.165) is 18.9 Å². The third kappa shape index (κ3) is 8.90. The quantitative estimate of drug-likeness (QED) is 0.258. The zero-order valence-corrected chi connectivity index (χ0v) is 15.0. The Balaban J connectivity index is 4.18. The lowest BCUT2D eigenvalue weighted by Gasteiger charge is -2.28. The predicted molar refractivity (Wildman–Crippen MR) is 88.0 cm³/mol. The summed E-state index contributed by atoms with van der Waals surface area (Å²) in [5.74, 6) is 0. The van der Waals surface area contributed by atoms with Crippen molar-refractivity contribution in [2.24, 2.45) is 0 Å². The van der Waals surface area contributed by atoms with Crippen LogP contribution in [0.2, 0.25) is 6.04 Å². The van der Waals surface area contributed by atoms with E-state index in [2.05, 4.69) is 13.5 Å². The molecule has 0 amide bonds. The Morgan fingerprint density at radius 2 is 1.35 bits per heavy atom. The molecule has 0 aliphatic rings. The summed E-state index contributed by atoms with van der Waals surface area (Å²) in [6.45, 7) is 14.4. The van der Waals surface area contributed by atoms with Crippen LogP contribution in [-0.2, 0) is 13.3 Å². The molecule has 0 spiro atoms. The van der Waals surface area contributed by atoms with Gasteiger partial charge in [0.05, 0.1) is 0 Å². The molecule has 0 aromatic heterocycles. The lowest BCUT2D eigenvalue weighted by molar-refractivity contribution is 0.0713. The van der Waals surface area contributed by atoms with Gasteiger partial charge in [0.25, 0.3) is 0 Å². The fraction of sp³-hybridized carbons (Fsp3) is 0.875. The van der Waals surface area contributed by atoms with Crippen LogP contribution in [0.1, 0.15) is 66.2 Å². The summed E-state index contributed by atoms with van der Waals surface area (Å²) in [7, 11) is -2.47. The van der Waals surface area contributed by atoms with Gasteiger partial charge in [-0.05, 0) is 40.0 Å². The SMILES string of the molecule is C=C(CCCCCC)CC[Si](OCC)(OCC)OCC. The Morgan fingerprint density at radius 3 is 1.80 bits per heavy atom. The van der Waals surface area contributed by atoms with Gasteiger partial charge in [-0.25, -0.2) is 0 Å². The van der Waals surface area contributed by atoms with Crippen LogP contribution >= 0.6 is 0 Å². The molecule has 0 radical (unpaired) electrons. The molecule has 0 atom stereocenters. The van der Waals surface area contributed by atoms with Gasteiger partial charge in [-0.2, -0.15) is 0 Å². The molecule has 0 aliphatic heterocycles. The second kappa shape index (κ2) is 12.6. The topological polar surface area (TPSA) is 27.7 Å². The lowest BCUT2D eigenvalue weighted by Crippen LogP contribution is -2.45. The molecule has 0 aliphatic carbocycles. The third-order valence-electron chi connectivity index (χ3n) is 3.26. The molecule has 120 valence electrons. The second-order valence-corrected chi connectivity index (χ2v) is 7.77. The van der Waals surface area contributed by atoms with Crippen LogP contribution < -0.4 is 0 Å². The first kappa shape index (κ1) is 19.8. The fourth-order valence-electron chi connectivity index (χ4n) is 2.26. The van der Waals surface area contributed by atoms with Crippen molar-refractivity contribution in [3.63, 3.8) is 0 Å². The number of rotatable bonds is 14. The van der Waals surface area contributed by atoms with Gasteiger partial charge < -0.3 is 13.3 Å². The minimum Gasteiger partial charge on any atom is -0.374 e. The van der Waals surface area contributed by atoms with Gasteiger partial charge in [0.1, 0.15) is 0 Å². The highest BCUT2D eigenvalue weighted by atomic mass is 28.4. The summed E-state index contributed by atoms with van der Waals surface area (Å²) in [5, 5.41) is 0. The van der Waals surface area contributed by atoms with Gasteiger partial charge in [-0.3, -0.25) is 0 Å². The summed E-state index contributed by atoms with van der Waals surface area (Å²) in [4.78, 5) is 0. The van der Waals surface area contributed by atoms with E-state index in [9.17, 15) is 0 Å². The first-order valence-electron chi connectivity index (χ1n) is 8.22. The van der Waals surface area contributed by atoms with Gasteiger partial charge in [0.15, 0.2) is 0 Å². The number of unbranched alkanes of at least 4 members (excludes halogenated alkanes) is 3. The van der Waals surface area contributed by atoms with Crippen molar-refractivity contribution in [3.8, 4) is 0 Å². The van der Waals surface area contributed by atoms with Crippen molar-refractivity contribution in [1.82, 2.24) is 0 Å².